The van der Waals surface area contributed by atoms with Gasteiger partial charge in [0.25, 0.3) is 0 Å². The quantitative estimate of drug-likeness (QED) is 0.801. The van der Waals surface area contributed by atoms with Gasteiger partial charge in [-0.05, 0) is 49.6 Å². The first-order valence-corrected chi connectivity index (χ1v) is 7.61. The van der Waals surface area contributed by atoms with Gasteiger partial charge in [0, 0.05) is 13.5 Å². The van der Waals surface area contributed by atoms with Crippen molar-refractivity contribution < 1.29 is 9.53 Å². The number of nitrogens with two attached hydrogens (primary N) is 1. The first-order chi connectivity index (χ1) is 9.96. The van der Waals surface area contributed by atoms with E-state index in [2.05, 4.69) is 13.0 Å². The molecule has 1 unspecified atom stereocenters. The molecule has 0 aliphatic rings. The van der Waals surface area contributed by atoms with Gasteiger partial charge in [0.2, 0.25) is 5.91 Å². The molecule has 0 radical (unpaired) electrons. The first-order valence-electron chi connectivity index (χ1n) is 7.61. The maximum Gasteiger partial charge on any atom is 0.222 e. The smallest absolute Gasteiger partial charge is 0.222 e. The molecule has 0 aliphatic carbocycles. The number of aryl methyl sites for hydroxylation is 2. The minimum absolute atomic E-state index is 0.135. The summed E-state index contributed by atoms with van der Waals surface area (Å²) >= 11 is 0. The molecule has 1 aromatic rings. The molecule has 0 saturated heterocycles. The van der Waals surface area contributed by atoms with Crippen LogP contribution in [0.5, 0.6) is 5.75 Å². The molecule has 0 fully saturated rings. The predicted octanol–water partition coefficient (Wildman–Crippen LogP) is 2.52. The fourth-order valence-corrected chi connectivity index (χ4v) is 2.24. The Morgan fingerprint density at radius 2 is 1.90 bits per heavy atom. The molecular weight excluding hydrogens is 264 g/mol. The van der Waals surface area contributed by atoms with Crippen molar-refractivity contribution in [3.8, 4) is 5.75 Å². The highest BCUT2D eigenvalue weighted by atomic mass is 16.5. The summed E-state index contributed by atoms with van der Waals surface area (Å²) < 4.78 is 5.73. The van der Waals surface area contributed by atoms with E-state index in [-0.39, 0.29) is 11.8 Å². The third kappa shape index (κ3) is 6.17. The molecule has 0 aromatic heterocycles. The topological polar surface area (TPSA) is 55.6 Å². The lowest BCUT2D eigenvalue weighted by molar-refractivity contribution is -0.131. The lowest BCUT2D eigenvalue weighted by atomic mass is 10.0. The number of carbonyl (C=O) groups excluding carboxylic acids is 1. The van der Waals surface area contributed by atoms with Crippen LogP contribution in [-0.4, -0.2) is 37.6 Å². The van der Waals surface area contributed by atoms with Crippen LogP contribution in [0.1, 0.15) is 30.9 Å². The van der Waals surface area contributed by atoms with Crippen LogP contribution >= 0.6 is 0 Å². The van der Waals surface area contributed by atoms with Crippen molar-refractivity contribution >= 4 is 5.91 Å². The number of rotatable bonds is 8. The summed E-state index contributed by atoms with van der Waals surface area (Å²) in [7, 11) is 1.82. The fraction of sp³-hybridized carbons (Fsp3) is 0.588. The molecule has 118 valence electrons. The van der Waals surface area contributed by atoms with Gasteiger partial charge in [-0.15, -0.1) is 0 Å². The van der Waals surface area contributed by atoms with Gasteiger partial charge in [-0.25, -0.2) is 0 Å². The van der Waals surface area contributed by atoms with E-state index in [1.807, 2.05) is 33.0 Å². The molecule has 0 spiro atoms. The second kappa shape index (κ2) is 8.67. The zero-order chi connectivity index (χ0) is 15.8. The van der Waals surface area contributed by atoms with Crippen molar-refractivity contribution in [1.82, 2.24) is 4.90 Å². The SMILES string of the molecule is CCC(CN)CC(=O)N(C)CCOc1cc(C)cc(C)c1. The molecule has 4 nitrogen and oxygen atoms in total. The number of nitrogens with zero attached hydrogens (tertiary/aromatic N) is 1. The summed E-state index contributed by atoms with van der Waals surface area (Å²) in [6.45, 7) is 7.82. The van der Waals surface area contributed by atoms with Crippen molar-refractivity contribution in [1.29, 1.82) is 0 Å². The predicted molar refractivity (Wildman–Crippen MR) is 86.5 cm³/mol. The first kappa shape index (κ1) is 17.5. The lowest BCUT2D eigenvalue weighted by Crippen LogP contribution is -2.33. The fourth-order valence-electron chi connectivity index (χ4n) is 2.24. The van der Waals surface area contributed by atoms with Crippen LogP contribution in [0.4, 0.5) is 0 Å². The molecule has 1 aromatic carbocycles. The summed E-state index contributed by atoms with van der Waals surface area (Å²) in [5.74, 6) is 1.28. The Morgan fingerprint density at radius 3 is 2.43 bits per heavy atom. The minimum Gasteiger partial charge on any atom is -0.492 e. The Bertz CT molecular complexity index is 436. The van der Waals surface area contributed by atoms with Crippen LogP contribution in [-0.2, 0) is 4.79 Å². The largest absolute Gasteiger partial charge is 0.492 e. The highest BCUT2D eigenvalue weighted by Crippen LogP contribution is 2.16. The van der Waals surface area contributed by atoms with E-state index in [1.165, 1.54) is 11.1 Å². The summed E-state index contributed by atoms with van der Waals surface area (Å²) in [4.78, 5) is 13.8. The zero-order valence-electron chi connectivity index (χ0n) is 13.7. The van der Waals surface area contributed by atoms with E-state index in [4.69, 9.17) is 10.5 Å². The molecule has 4 heteroatoms. The second-order valence-corrected chi connectivity index (χ2v) is 5.70. The van der Waals surface area contributed by atoms with E-state index in [0.29, 0.717) is 26.1 Å². The molecule has 2 N–H and O–H groups in total. The van der Waals surface area contributed by atoms with Gasteiger partial charge in [0.15, 0.2) is 0 Å². The van der Waals surface area contributed by atoms with Crippen LogP contribution in [0.3, 0.4) is 0 Å². The van der Waals surface area contributed by atoms with Gasteiger partial charge in [-0.1, -0.05) is 19.4 Å². The van der Waals surface area contributed by atoms with E-state index in [9.17, 15) is 4.79 Å². The van der Waals surface area contributed by atoms with Crippen molar-refractivity contribution in [2.24, 2.45) is 11.7 Å². The molecule has 0 aliphatic heterocycles. The Labute approximate surface area is 128 Å². The van der Waals surface area contributed by atoms with Gasteiger partial charge >= 0.3 is 0 Å². The van der Waals surface area contributed by atoms with Crippen LogP contribution in [0.2, 0.25) is 0 Å². The van der Waals surface area contributed by atoms with E-state index in [0.717, 1.165) is 12.2 Å². The standard InChI is InChI=1S/C17H28N2O2/c1-5-15(12-18)11-17(20)19(4)6-7-21-16-9-13(2)8-14(3)10-16/h8-10,15H,5-7,11-12,18H2,1-4H3. The average Bonchev–Trinajstić information content (AvgIpc) is 2.43. The normalized spacial score (nSPS) is 12.0. The Balaban J connectivity index is 2.39. The van der Waals surface area contributed by atoms with E-state index < -0.39 is 0 Å². The number of likely N-dealkylation sites (N-methyl/N-ethyl adjacent to an activating group) is 1. The van der Waals surface area contributed by atoms with Crippen LogP contribution in [0, 0.1) is 19.8 Å². The second-order valence-electron chi connectivity index (χ2n) is 5.70. The van der Waals surface area contributed by atoms with Gasteiger partial charge in [-0.2, -0.15) is 0 Å². The molecule has 21 heavy (non-hydrogen) atoms. The third-order valence-electron chi connectivity index (χ3n) is 3.69. The summed E-state index contributed by atoms with van der Waals surface area (Å²) in [5.41, 5.74) is 8.01. The third-order valence-corrected chi connectivity index (χ3v) is 3.69. The number of hydrogen-bond donors (Lipinski definition) is 1. The molecule has 1 rings (SSSR count). The summed E-state index contributed by atoms with van der Waals surface area (Å²) in [6.07, 6.45) is 1.46. The maximum absolute atomic E-state index is 12.0. The molecule has 0 saturated carbocycles. The van der Waals surface area contributed by atoms with Gasteiger partial charge < -0.3 is 15.4 Å². The summed E-state index contributed by atoms with van der Waals surface area (Å²) in [6, 6.07) is 6.13. The number of ether oxygens (including phenoxy) is 1. The number of hydrogen-bond acceptors (Lipinski definition) is 3. The minimum atomic E-state index is 0.135. The average molecular weight is 292 g/mol. The monoisotopic (exact) mass is 292 g/mol. The number of benzene rings is 1. The van der Waals surface area contributed by atoms with Gasteiger partial charge in [-0.3, -0.25) is 4.79 Å². The van der Waals surface area contributed by atoms with Gasteiger partial charge in [0.05, 0.1) is 6.54 Å². The Kier molecular flexibility index (Phi) is 7.23. The van der Waals surface area contributed by atoms with Crippen molar-refractivity contribution in [2.45, 2.75) is 33.6 Å². The Hall–Kier alpha value is -1.55. The molecule has 1 amide bonds. The highest BCUT2D eigenvalue weighted by molar-refractivity contribution is 5.76. The van der Waals surface area contributed by atoms with Crippen molar-refractivity contribution in [2.75, 3.05) is 26.7 Å². The van der Waals surface area contributed by atoms with Crippen molar-refractivity contribution in [3.63, 3.8) is 0 Å². The Morgan fingerprint density at radius 1 is 1.29 bits per heavy atom. The zero-order valence-corrected chi connectivity index (χ0v) is 13.7. The molecular formula is C17H28N2O2. The van der Waals surface area contributed by atoms with E-state index in [1.54, 1.807) is 4.90 Å². The van der Waals surface area contributed by atoms with Crippen LogP contribution in [0.25, 0.3) is 0 Å². The van der Waals surface area contributed by atoms with Crippen molar-refractivity contribution in [3.05, 3.63) is 29.3 Å². The van der Waals surface area contributed by atoms with Crippen LogP contribution < -0.4 is 10.5 Å². The molecule has 0 heterocycles. The highest BCUT2D eigenvalue weighted by Gasteiger charge is 2.14. The number of carbonyl (C=O) groups is 1. The van der Waals surface area contributed by atoms with Crippen LogP contribution in [0.15, 0.2) is 18.2 Å². The van der Waals surface area contributed by atoms with E-state index >= 15 is 0 Å². The number of amides is 1. The molecule has 0 bridgehead atoms. The lowest BCUT2D eigenvalue weighted by Gasteiger charge is -2.20. The van der Waals surface area contributed by atoms with Gasteiger partial charge in [0.1, 0.15) is 12.4 Å². The summed E-state index contributed by atoms with van der Waals surface area (Å²) in [5, 5.41) is 0. The maximum atomic E-state index is 12.0. The molecule has 1 atom stereocenters.